The third kappa shape index (κ3) is 2.55. The zero-order valence-corrected chi connectivity index (χ0v) is 8.79. The Morgan fingerprint density at radius 1 is 1.41 bits per heavy atom. The molecular weight excluding hydrogens is 243 g/mol. The first-order chi connectivity index (χ1) is 7.64. The van der Waals surface area contributed by atoms with Crippen LogP contribution in [-0.4, -0.2) is 26.8 Å². The monoisotopic (exact) mass is 251 g/mol. The quantitative estimate of drug-likeness (QED) is 0.824. The number of anilines is 1. The van der Waals surface area contributed by atoms with Crippen molar-refractivity contribution in [3.05, 3.63) is 11.4 Å². The predicted molar refractivity (Wildman–Crippen MR) is 49.5 cm³/mol. The highest BCUT2D eigenvalue weighted by Gasteiger charge is 2.40. The van der Waals surface area contributed by atoms with Gasteiger partial charge in [0.05, 0.1) is 0 Å². The molecule has 6 nitrogen and oxygen atoms in total. The normalized spacial score (nSPS) is 11.4. The van der Waals surface area contributed by atoms with E-state index in [0.717, 1.165) is 14.0 Å². The molecule has 9 heteroatoms. The maximum absolute atomic E-state index is 12.5. The smallest absolute Gasteiger partial charge is 0.437 e. The zero-order chi connectivity index (χ0) is 13.4. The number of nitrogens with one attached hydrogen (secondary N) is 1. The topological polar surface area (TPSA) is 84.2 Å². The molecule has 1 aromatic heterocycles. The first kappa shape index (κ1) is 13.0. The van der Waals surface area contributed by atoms with Crippen LogP contribution in [0.25, 0.3) is 0 Å². The van der Waals surface area contributed by atoms with Gasteiger partial charge in [-0.25, -0.2) is 4.79 Å². The number of carboxylic acids is 1. The number of nitrogens with zero attached hydrogens (tertiary/aromatic N) is 2. The maximum atomic E-state index is 12.5. The lowest BCUT2D eigenvalue weighted by molar-refractivity contribution is -0.140. The molecule has 94 valence electrons. The summed E-state index contributed by atoms with van der Waals surface area (Å²) in [7, 11) is 1.05. The lowest BCUT2D eigenvalue weighted by atomic mass is 10.2. The van der Waals surface area contributed by atoms with E-state index < -0.39 is 35.1 Å². The largest absolute Gasteiger partial charge is 0.476 e. The van der Waals surface area contributed by atoms with Crippen LogP contribution in [0.1, 0.15) is 23.1 Å². The van der Waals surface area contributed by atoms with E-state index in [1.54, 1.807) is 0 Å². The molecular formula is C8H8F3N3O3. The van der Waals surface area contributed by atoms with Crippen LogP contribution < -0.4 is 5.32 Å². The van der Waals surface area contributed by atoms with Gasteiger partial charge in [-0.1, -0.05) is 0 Å². The van der Waals surface area contributed by atoms with Crippen LogP contribution in [0.5, 0.6) is 0 Å². The van der Waals surface area contributed by atoms with Gasteiger partial charge < -0.3 is 10.4 Å². The number of amides is 1. The number of aromatic carboxylic acids is 1. The van der Waals surface area contributed by atoms with Crippen molar-refractivity contribution in [3.63, 3.8) is 0 Å². The summed E-state index contributed by atoms with van der Waals surface area (Å²) in [5, 5.41) is 13.6. The van der Waals surface area contributed by atoms with E-state index in [0.29, 0.717) is 4.68 Å². The van der Waals surface area contributed by atoms with Crippen LogP contribution in [-0.2, 0) is 18.0 Å². The fraction of sp³-hybridized carbons (Fsp3) is 0.375. The summed E-state index contributed by atoms with van der Waals surface area (Å²) in [6.07, 6.45) is -4.84. The van der Waals surface area contributed by atoms with Crippen molar-refractivity contribution in [1.29, 1.82) is 0 Å². The van der Waals surface area contributed by atoms with E-state index in [1.807, 2.05) is 5.32 Å². The van der Waals surface area contributed by atoms with Crippen LogP contribution in [0.15, 0.2) is 0 Å². The molecule has 0 unspecified atom stereocenters. The van der Waals surface area contributed by atoms with Crippen LogP contribution in [0.3, 0.4) is 0 Å². The SMILES string of the molecule is CC(=O)Nc1c(C(F)(F)F)nn(C)c1C(=O)O. The molecule has 0 saturated carbocycles. The average Bonchev–Trinajstić information content (AvgIpc) is 2.40. The molecule has 17 heavy (non-hydrogen) atoms. The molecule has 0 aromatic carbocycles. The van der Waals surface area contributed by atoms with E-state index in [-0.39, 0.29) is 0 Å². The fourth-order valence-corrected chi connectivity index (χ4v) is 1.26. The minimum absolute atomic E-state index is 0.552. The molecule has 0 bridgehead atoms. The first-order valence-corrected chi connectivity index (χ1v) is 4.29. The number of alkyl halides is 3. The van der Waals surface area contributed by atoms with E-state index >= 15 is 0 Å². The lowest BCUT2D eigenvalue weighted by Crippen LogP contribution is -2.15. The third-order valence-corrected chi connectivity index (χ3v) is 1.82. The van der Waals surface area contributed by atoms with Crippen LogP contribution >= 0.6 is 0 Å². The highest BCUT2D eigenvalue weighted by molar-refractivity contribution is 5.99. The Hall–Kier alpha value is -2.06. The number of carboxylic acid groups (broad SMARTS) is 1. The third-order valence-electron chi connectivity index (χ3n) is 1.82. The van der Waals surface area contributed by atoms with E-state index in [1.165, 1.54) is 0 Å². The van der Waals surface area contributed by atoms with Crippen molar-refractivity contribution in [2.24, 2.45) is 7.05 Å². The summed E-state index contributed by atoms with van der Waals surface area (Å²) in [4.78, 5) is 21.6. The van der Waals surface area contributed by atoms with Gasteiger partial charge in [0.25, 0.3) is 0 Å². The summed E-state index contributed by atoms with van der Waals surface area (Å²) >= 11 is 0. The van der Waals surface area contributed by atoms with Gasteiger partial charge in [-0.05, 0) is 0 Å². The lowest BCUT2D eigenvalue weighted by Gasteiger charge is -2.06. The Morgan fingerprint density at radius 2 is 1.94 bits per heavy atom. The van der Waals surface area contributed by atoms with Crippen LogP contribution in [0.4, 0.5) is 18.9 Å². The number of rotatable bonds is 2. The molecule has 1 heterocycles. The molecule has 0 radical (unpaired) electrons. The van der Waals surface area contributed by atoms with Gasteiger partial charge in [0.2, 0.25) is 5.91 Å². The molecule has 1 amide bonds. The molecule has 0 spiro atoms. The van der Waals surface area contributed by atoms with Gasteiger partial charge in [-0.3, -0.25) is 9.48 Å². The number of aromatic nitrogens is 2. The molecule has 1 aromatic rings. The molecule has 0 atom stereocenters. The van der Waals surface area contributed by atoms with Gasteiger partial charge in [-0.15, -0.1) is 0 Å². The second-order valence-corrected chi connectivity index (χ2v) is 3.18. The minimum Gasteiger partial charge on any atom is -0.476 e. The molecule has 1 rings (SSSR count). The van der Waals surface area contributed by atoms with E-state index in [4.69, 9.17) is 5.11 Å². The Morgan fingerprint density at radius 3 is 2.29 bits per heavy atom. The molecule has 0 aliphatic carbocycles. The number of carbonyl (C=O) groups excluding carboxylic acids is 1. The highest BCUT2D eigenvalue weighted by Crippen LogP contribution is 2.35. The van der Waals surface area contributed by atoms with Gasteiger partial charge in [-0.2, -0.15) is 18.3 Å². The highest BCUT2D eigenvalue weighted by atomic mass is 19.4. The predicted octanol–water partition coefficient (Wildman–Crippen LogP) is 1.10. The van der Waals surface area contributed by atoms with Crippen molar-refractivity contribution in [2.75, 3.05) is 5.32 Å². The summed E-state index contributed by atoms with van der Waals surface area (Å²) in [6.45, 7) is 0.971. The van der Waals surface area contributed by atoms with Crippen LogP contribution in [0, 0.1) is 0 Å². The van der Waals surface area contributed by atoms with Crippen molar-refractivity contribution in [3.8, 4) is 0 Å². The van der Waals surface area contributed by atoms with Crippen molar-refractivity contribution >= 4 is 17.6 Å². The van der Waals surface area contributed by atoms with Gasteiger partial charge in [0.15, 0.2) is 11.4 Å². The Balaban J connectivity index is 3.47. The van der Waals surface area contributed by atoms with Crippen molar-refractivity contribution in [1.82, 2.24) is 9.78 Å². The summed E-state index contributed by atoms with van der Waals surface area (Å²) < 4.78 is 38.2. The minimum atomic E-state index is -4.84. The number of carbonyl (C=O) groups is 2. The number of aryl methyl sites for hydroxylation is 1. The molecule has 0 aliphatic heterocycles. The van der Waals surface area contributed by atoms with Gasteiger partial charge in [0.1, 0.15) is 5.69 Å². The first-order valence-electron chi connectivity index (χ1n) is 4.29. The van der Waals surface area contributed by atoms with E-state index in [2.05, 4.69) is 5.10 Å². The molecule has 0 saturated heterocycles. The number of hydrogen-bond donors (Lipinski definition) is 2. The second kappa shape index (κ2) is 4.07. The maximum Gasteiger partial charge on any atom is 0.437 e. The zero-order valence-electron chi connectivity index (χ0n) is 8.79. The number of halogens is 3. The van der Waals surface area contributed by atoms with Gasteiger partial charge >= 0.3 is 12.1 Å². The summed E-state index contributed by atoms with van der Waals surface area (Å²) in [5.74, 6) is -2.43. The summed E-state index contributed by atoms with van der Waals surface area (Å²) in [6, 6.07) is 0. The van der Waals surface area contributed by atoms with Crippen molar-refractivity contribution < 1.29 is 27.9 Å². The molecule has 0 aliphatic rings. The molecule has 0 fully saturated rings. The van der Waals surface area contributed by atoms with Crippen LogP contribution in [0.2, 0.25) is 0 Å². The molecule has 2 N–H and O–H groups in total. The van der Waals surface area contributed by atoms with E-state index in [9.17, 15) is 22.8 Å². The summed E-state index contributed by atoms with van der Waals surface area (Å²) in [5.41, 5.74) is -3.01. The van der Waals surface area contributed by atoms with Crippen molar-refractivity contribution in [2.45, 2.75) is 13.1 Å². The average molecular weight is 251 g/mol. The second-order valence-electron chi connectivity index (χ2n) is 3.18. The Bertz CT molecular complexity index is 478. The van der Waals surface area contributed by atoms with Gasteiger partial charge in [0, 0.05) is 14.0 Å². The standard InChI is InChI=1S/C8H8F3N3O3/c1-3(15)12-4-5(7(16)17)14(2)13-6(4)8(9,10)11/h1-2H3,(H,12,15)(H,16,17). The Kier molecular flexibility index (Phi) is 3.12. The fourth-order valence-electron chi connectivity index (χ4n) is 1.26. The Labute approximate surface area is 93.0 Å². The number of hydrogen-bond acceptors (Lipinski definition) is 3.